The third kappa shape index (κ3) is 2.47. The van der Waals surface area contributed by atoms with Crippen molar-refractivity contribution in [1.29, 1.82) is 5.26 Å². The van der Waals surface area contributed by atoms with Crippen molar-refractivity contribution in [2.75, 3.05) is 13.1 Å². The molecule has 0 saturated carbocycles. The van der Waals surface area contributed by atoms with E-state index in [1.165, 1.54) is 5.56 Å². The summed E-state index contributed by atoms with van der Waals surface area (Å²) in [5.74, 6) is -0.322. The van der Waals surface area contributed by atoms with Gasteiger partial charge in [0.15, 0.2) is 5.78 Å². The zero-order chi connectivity index (χ0) is 11.4. The predicted octanol–water partition coefficient (Wildman–Crippen LogP) is 1.60. The number of ketones is 1. The topological polar surface area (TPSA) is 44.1 Å². The van der Waals surface area contributed by atoms with E-state index in [0.29, 0.717) is 13.0 Å². The summed E-state index contributed by atoms with van der Waals surface area (Å²) in [4.78, 5) is 13.7. The number of rotatable bonds is 2. The van der Waals surface area contributed by atoms with Crippen molar-refractivity contribution in [3.63, 3.8) is 0 Å². The lowest BCUT2D eigenvalue weighted by atomic mass is 9.97. The minimum atomic E-state index is -0.382. The van der Waals surface area contributed by atoms with Gasteiger partial charge in [-0.1, -0.05) is 30.3 Å². The van der Waals surface area contributed by atoms with E-state index in [4.69, 9.17) is 5.26 Å². The van der Waals surface area contributed by atoms with Crippen LogP contribution in [-0.4, -0.2) is 23.8 Å². The fraction of sp³-hybridized carbons (Fsp3) is 0.385. The maximum absolute atomic E-state index is 11.6. The number of piperidine rings is 1. The first kappa shape index (κ1) is 10.8. The van der Waals surface area contributed by atoms with Crippen LogP contribution in [0.2, 0.25) is 0 Å². The van der Waals surface area contributed by atoms with Crippen LogP contribution in [-0.2, 0) is 11.3 Å². The molecule has 1 aliphatic heterocycles. The zero-order valence-corrected chi connectivity index (χ0v) is 9.10. The van der Waals surface area contributed by atoms with Gasteiger partial charge in [0.25, 0.3) is 0 Å². The van der Waals surface area contributed by atoms with Crippen molar-refractivity contribution in [2.24, 2.45) is 5.92 Å². The van der Waals surface area contributed by atoms with E-state index in [-0.39, 0.29) is 11.7 Å². The average Bonchev–Trinajstić information content (AvgIpc) is 2.31. The van der Waals surface area contributed by atoms with Gasteiger partial charge in [0.1, 0.15) is 5.92 Å². The Hall–Kier alpha value is -1.66. The molecule has 0 aromatic heterocycles. The molecular formula is C13H14N2O. The Morgan fingerprint density at radius 2 is 2.12 bits per heavy atom. The zero-order valence-electron chi connectivity index (χ0n) is 9.10. The fourth-order valence-corrected chi connectivity index (χ4v) is 2.00. The van der Waals surface area contributed by atoms with Crippen molar-refractivity contribution >= 4 is 5.78 Å². The summed E-state index contributed by atoms with van der Waals surface area (Å²) < 4.78 is 0. The number of hydrogen-bond acceptors (Lipinski definition) is 3. The van der Waals surface area contributed by atoms with E-state index in [9.17, 15) is 4.79 Å². The van der Waals surface area contributed by atoms with Gasteiger partial charge >= 0.3 is 0 Å². The smallest absolute Gasteiger partial charge is 0.163 e. The van der Waals surface area contributed by atoms with Crippen molar-refractivity contribution in [1.82, 2.24) is 4.90 Å². The molecule has 3 heteroatoms. The minimum absolute atomic E-state index is 0.0599. The van der Waals surface area contributed by atoms with E-state index in [2.05, 4.69) is 23.1 Å². The second-order valence-electron chi connectivity index (χ2n) is 4.13. The third-order valence-electron chi connectivity index (χ3n) is 2.91. The van der Waals surface area contributed by atoms with E-state index in [1.54, 1.807) is 0 Å². The van der Waals surface area contributed by atoms with Gasteiger partial charge < -0.3 is 0 Å². The van der Waals surface area contributed by atoms with Gasteiger partial charge in [-0.05, 0) is 12.0 Å². The molecule has 0 radical (unpaired) electrons. The summed E-state index contributed by atoms with van der Waals surface area (Å²) in [5.41, 5.74) is 1.21. The average molecular weight is 214 g/mol. The lowest BCUT2D eigenvalue weighted by molar-refractivity contribution is -0.125. The van der Waals surface area contributed by atoms with Gasteiger partial charge in [-0.15, -0.1) is 0 Å². The van der Waals surface area contributed by atoms with Gasteiger partial charge in [0.05, 0.1) is 12.6 Å². The second kappa shape index (κ2) is 4.91. The predicted molar refractivity (Wildman–Crippen MR) is 60.4 cm³/mol. The lowest BCUT2D eigenvalue weighted by Crippen LogP contribution is -2.39. The molecule has 82 valence electrons. The molecular weight excluding hydrogens is 200 g/mol. The molecule has 3 nitrogen and oxygen atoms in total. The van der Waals surface area contributed by atoms with Crippen LogP contribution in [0.25, 0.3) is 0 Å². The van der Waals surface area contributed by atoms with Crippen LogP contribution in [0.15, 0.2) is 30.3 Å². The van der Waals surface area contributed by atoms with Crippen LogP contribution < -0.4 is 0 Å². The minimum Gasteiger partial charge on any atom is -0.297 e. The summed E-state index contributed by atoms with van der Waals surface area (Å²) in [7, 11) is 0. The molecule has 0 amide bonds. The van der Waals surface area contributed by atoms with Crippen LogP contribution in [0.1, 0.15) is 12.0 Å². The first-order valence-electron chi connectivity index (χ1n) is 5.48. The Labute approximate surface area is 95.3 Å². The van der Waals surface area contributed by atoms with Gasteiger partial charge in [-0.2, -0.15) is 5.26 Å². The molecule has 1 aromatic rings. The third-order valence-corrected chi connectivity index (χ3v) is 2.91. The lowest BCUT2D eigenvalue weighted by Gasteiger charge is -2.27. The first-order chi connectivity index (χ1) is 7.79. The molecule has 1 aromatic carbocycles. The van der Waals surface area contributed by atoms with Crippen LogP contribution in [0, 0.1) is 17.2 Å². The molecule has 0 bridgehead atoms. The van der Waals surface area contributed by atoms with E-state index < -0.39 is 0 Å². The molecule has 1 fully saturated rings. The van der Waals surface area contributed by atoms with Crippen molar-refractivity contribution in [2.45, 2.75) is 13.0 Å². The summed E-state index contributed by atoms with van der Waals surface area (Å²) in [6.07, 6.45) is 0.669. The van der Waals surface area contributed by atoms with Crippen molar-refractivity contribution < 1.29 is 4.79 Å². The Morgan fingerprint density at radius 1 is 1.38 bits per heavy atom. The molecule has 2 rings (SSSR count). The summed E-state index contributed by atoms with van der Waals surface area (Å²) in [5, 5.41) is 8.75. The van der Waals surface area contributed by atoms with Crippen molar-refractivity contribution in [3.05, 3.63) is 35.9 Å². The Balaban J connectivity index is 1.94. The Kier molecular flexibility index (Phi) is 3.33. The number of hydrogen-bond donors (Lipinski definition) is 0. The van der Waals surface area contributed by atoms with E-state index in [1.807, 2.05) is 18.2 Å². The van der Waals surface area contributed by atoms with Crippen molar-refractivity contribution in [3.8, 4) is 6.07 Å². The molecule has 1 saturated heterocycles. The highest BCUT2D eigenvalue weighted by Gasteiger charge is 2.26. The molecule has 0 aliphatic carbocycles. The SMILES string of the molecule is N#CC1CCN(Cc2ccccc2)CC1=O. The monoisotopic (exact) mass is 214 g/mol. The maximum atomic E-state index is 11.6. The fourth-order valence-electron chi connectivity index (χ4n) is 2.00. The number of likely N-dealkylation sites (tertiary alicyclic amines) is 1. The van der Waals surface area contributed by atoms with Crippen LogP contribution in [0.5, 0.6) is 0 Å². The van der Waals surface area contributed by atoms with Gasteiger partial charge in [0.2, 0.25) is 0 Å². The number of nitriles is 1. The molecule has 1 heterocycles. The van der Waals surface area contributed by atoms with Gasteiger partial charge in [0, 0.05) is 13.1 Å². The van der Waals surface area contributed by atoms with Gasteiger partial charge in [-0.3, -0.25) is 9.69 Å². The highest BCUT2D eigenvalue weighted by atomic mass is 16.1. The molecule has 0 spiro atoms. The van der Waals surface area contributed by atoms with E-state index in [0.717, 1.165) is 13.1 Å². The van der Waals surface area contributed by atoms with Gasteiger partial charge in [-0.25, -0.2) is 0 Å². The van der Waals surface area contributed by atoms with Crippen LogP contribution in [0.3, 0.4) is 0 Å². The molecule has 1 atom stereocenters. The number of benzene rings is 1. The normalized spacial score (nSPS) is 21.7. The number of nitrogens with zero attached hydrogens (tertiary/aromatic N) is 2. The highest BCUT2D eigenvalue weighted by Crippen LogP contribution is 2.15. The first-order valence-corrected chi connectivity index (χ1v) is 5.48. The Bertz CT molecular complexity index is 408. The van der Waals surface area contributed by atoms with Crippen LogP contribution >= 0.6 is 0 Å². The Morgan fingerprint density at radius 3 is 2.75 bits per heavy atom. The summed E-state index contributed by atoms with van der Waals surface area (Å²) in [6, 6.07) is 12.2. The number of carbonyl (C=O) groups is 1. The number of Topliss-reactive ketones (excluding diaryl/α,β-unsaturated/α-hetero) is 1. The second-order valence-corrected chi connectivity index (χ2v) is 4.13. The van der Waals surface area contributed by atoms with E-state index >= 15 is 0 Å². The standard InChI is InChI=1S/C13H14N2O/c14-8-12-6-7-15(10-13(12)16)9-11-4-2-1-3-5-11/h1-5,12H,6-7,9-10H2. The quantitative estimate of drug-likeness (QED) is 0.751. The van der Waals surface area contributed by atoms with Crippen LogP contribution in [0.4, 0.5) is 0 Å². The maximum Gasteiger partial charge on any atom is 0.163 e. The summed E-state index contributed by atoms with van der Waals surface area (Å²) >= 11 is 0. The largest absolute Gasteiger partial charge is 0.297 e. The molecule has 1 unspecified atom stereocenters. The molecule has 1 aliphatic rings. The highest BCUT2D eigenvalue weighted by molar-refractivity contribution is 5.85. The molecule has 16 heavy (non-hydrogen) atoms. The number of carbonyl (C=O) groups excluding carboxylic acids is 1. The summed E-state index contributed by atoms with van der Waals surface area (Å²) in [6.45, 7) is 2.04. The molecule has 0 N–H and O–H groups in total.